The smallest absolute Gasteiger partial charge is 0.335 e. The molecule has 0 bridgehead atoms. The first-order valence-corrected chi connectivity index (χ1v) is 11.8. The maximum absolute atomic E-state index is 13.1. The van der Waals surface area contributed by atoms with Crippen molar-refractivity contribution in [2.24, 2.45) is 0 Å². The number of ether oxygens (including phenoxy) is 2. The number of hydrogen-bond donors (Lipinski definition) is 1. The van der Waals surface area contributed by atoms with Crippen LogP contribution in [0.5, 0.6) is 11.5 Å². The van der Waals surface area contributed by atoms with Gasteiger partial charge in [-0.25, -0.2) is 9.69 Å². The van der Waals surface area contributed by atoms with Crippen LogP contribution in [0.2, 0.25) is 5.02 Å². The second kappa shape index (κ2) is 10.8. The number of rotatable bonds is 7. The summed E-state index contributed by atoms with van der Waals surface area (Å²) in [5, 5.41) is 13.4. The summed E-state index contributed by atoms with van der Waals surface area (Å²) < 4.78 is 12.2. The SMILES string of the molecule is COc1cc(/C=C2\C(=O)NC(=O)N(c3cccc([N+](=O)[O-])c3)C2=O)cc(Cl)c1OCc1ccc(Br)cc1. The molecule has 0 unspecified atom stereocenters. The summed E-state index contributed by atoms with van der Waals surface area (Å²) in [6.45, 7) is 0.213. The van der Waals surface area contributed by atoms with Crippen LogP contribution in [-0.2, 0) is 16.2 Å². The van der Waals surface area contributed by atoms with Crippen molar-refractivity contribution in [1.82, 2.24) is 5.32 Å². The number of nitro groups is 1. The lowest BCUT2D eigenvalue weighted by atomic mass is 10.1. The van der Waals surface area contributed by atoms with Gasteiger partial charge in [0.05, 0.1) is 22.7 Å². The van der Waals surface area contributed by atoms with Crippen molar-refractivity contribution in [1.29, 1.82) is 0 Å². The summed E-state index contributed by atoms with van der Waals surface area (Å²) >= 11 is 9.81. The number of carbonyl (C=O) groups excluding carboxylic acids is 3. The van der Waals surface area contributed by atoms with E-state index in [0.717, 1.165) is 16.1 Å². The Morgan fingerprint density at radius 3 is 2.51 bits per heavy atom. The maximum atomic E-state index is 13.1. The highest BCUT2D eigenvalue weighted by Crippen LogP contribution is 2.38. The van der Waals surface area contributed by atoms with Crippen LogP contribution in [-0.4, -0.2) is 29.9 Å². The summed E-state index contributed by atoms with van der Waals surface area (Å²) in [5.74, 6) is -1.36. The predicted molar refractivity (Wildman–Crippen MR) is 139 cm³/mol. The van der Waals surface area contributed by atoms with E-state index in [1.54, 1.807) is 0 Å². The van der Waals surface area contributed by atoms with E-state index in [4.69, 9.17) is 21.1 Å². The fraction of sp³-hybridized carbons (Fsp3) is 0.0800. The molecule has 0 atom stereocenters. The second-order valence-electron chi connectivity index (χ2n) is 7.68. The molecule has 3 aromatic rings. The van der Waals surface area contributed by atoms with Crippen molar-refractivity contribution in [2.45, 2.75) is 6.61 Å². The molecule has 0 radical (unpaired) electrons. The monoisotopic (exact) mass is 585 g/mol. The molecule has 1 aliphatic heterocycles. The largest absolute Gasteiger partial charge is 0.493 e. The Balaban J connectivity index is 1.64. The van der Waals surface area contributed by atoms with Crippen LogP contribution < -0.4 is 19.7 Å². The lowest BCUT2D eigenvalue weighted by molar-refractivity contribution is -0.384. The third kappa shape index (κ3) is 5.63. The number of carbonyl (C=O) groups is 3. The molecular formula is C25H17BrClN3O7. The molecule has 1 aliphatic rings. The molecule has 1 fully saturated rings. The van der Waals surface area contributed by atoms with Crippen LogP contribution in [0.1, 0.15) is 11.1 Å². The average molecular weight is 587 g/mol. The van der Waals surface area contributed by atoms with Gasteiger partial charge in [0.1, 0.15) is 12.2 Å². The number of amides is 4. The number of nitrogens with one attached hydrogen (secondary N) is 1. The molecule has 0 saturated carbocycles. The van der Waals surface area contributed by atoms with Gasteiger partial charge in [0.25, 0.3) is 17.5 Å². The van der Waals surface area contributed by atoms with Crippen molar-refractivity contribution in [3.63, 3.8) is 0 Å². The molecule has 4 amide bonds. The topological polar surface area (TPSA) is 128 Å². The molecule has 1 heterocycles. The maximum Gasteiger partial charge on any atom is 0.335 e. The number of nitrogens with zero attached hydrogens (tertiary/aromatic N) is 2. The van der Waals surface area contributed by atoms with E-state index in [2.05, 4.69) is 21.2 Å². The summed E-state index contributed by atoms with van der Waals surface area (Å²) in [7, 11) is 1.41. The van der Waals surface area contributed by atoms with Gasteiger partial charge in [0.15, 0.2) is 11.5 Å². The Kier molecular flexibility index (Phi) is 7.55. The van der Waals surface area contributed by atoms with Crippen molar-refractivity contribution in [3.8, 4) is 11.5 Å². The number of methoxy groups -OCH3 is 1. The first-order chi connectivity index (χ1) is 17.7. The molecule has 0 aliphatic carbocycles. The molecule has 0 spiro atoms. The number of benzene rings is 3. The molecule has 1 N–H and O–H groups in total. The minimum Gasteiger partial charge on any atom is -0.493 e. The Hall–Kier alpha value is -4.22. The summed E-state index contributed by atoms with van der Waals surface area (Å²) in [6, 6.07) is 14.4. The van der Waals surface area contributed by atoms with Gasteiger partial charge in [0, 0.05) is 16.6 Å². The number of urea groups is 1. The van der Waals surface area contributed by atoms with E-state index in [1.807, 2.05) is 24.3 Å². The number of nitro benzene ring substituents is 1. The minimum atomic E-state index is -1.03. The molecule has 10 nitrogen and oxygen atoms in total. The predicted octanol–water partition coefficient (Wildman–Crippen LogP) is 5.26. The van der Waals surface area contributed by atoms with Crippen LogP contribution in [0, 0.1) is 10.1 Å². The zero-order chi connectivity index (χ0) is 26.7. The molecule has 0 aromatic heterocycles. The molecule has 188 valence electrons. The number of barbiturate groups is 1. The highest BCUT2D eigenvalue weighted by Gasteiger charge is 2.37. The highest BCUT2D eigenvalue weighted by molar-refractivity contribution is 9.10. The van der Waals surface area contributed by atoms with Gasteiger partial charge >= 0.3 is 6.03 Å². The van der Waals surface area contributed by atoms with E-state index in [0.29, 0.717) is 10.5 Å². The van der Waals surface area contributed by atoms with Gasteiger partial charge in [-0.05, 0) is 47.5 Å². The van der Waals surface area contributed by atoms with Gasteiger partial charge in [0.2, 0.25) is 0 Å². The van der Waals surface area contributed by atoms with E-state index < -0.39 is 22.8 Å². The molecule has 37 heavy (non-hydrogen) atoms. The number of halogens is 2. The first kappa shape index (κ1) is 25.9. The van der Waals surface area contributed by atoms with Gasteiger partial charge in [-0.15, -0.1) is 0 Å². The number of non-ortho nitro benzene ring substituents is 1. The van der Waals surface area contributed by atoms with E-state index in [1.165, 1.54) is 43.5 Å². The number of hydrogen-bond acceptors (Lipinski definition) is 7. The normalized spacial score (nSPS) is 14.5. The highest BCUT2D eigenvalue weighted by atomic mass is 79.9. The van der Waals surface area contributed by atoms with Crippen molar-refractivity contribution in [2.75, 3.05) is 12.0 Å². The van der Waals surface area contributed by atoms with E-state index >= 15 is 0 Å². The van der Waals surface area contributed by atoms with E-state index in [-0.39, 0.29) is 40.1 Å². The summed E-state index contributed by atoms with van der Waals surface area (Å²) in [6.07, 6.45) is 1.24. The van der Waals surface area contributed by atoms with Crippen LogP contribution in [0.25, 0.3) is 6.08 Å². The van der Waals surface area contributed by atoms with Crippen LogP contribution in [0.15, 0.2) is 70.7 Å². The standard InChI is InChI=1S/C25H17BrClN3O7/c1-36-21-11-15(10-20(27)22(21)37-13-14-5-7-16(26)8-6-14)9-19-23(31)28-25(33)29(24(19)32)17-3-2-4-18(12-17)30(34)35/h2-12H,13H2,1H3,(H,28,31,33)/b19-9+. The van der Waals surface area contributed by atoms with Crippen LogP contribution in [0.4, 0.5) is 16.2 Å². The van der Waals surface area contributed by atoms with Crippen LogP contribution in [0.3, 0.4) is 0 Å². The van der Waals surface area contributed by atoms with Gasteiger partial charge in [-0.1, -0.05) is 45.7 Å². The van der Waals surface area contributed by atoms with Crippen LogP contribution >= 0.6 is 27.5 Å². The van der Waals surface area contributed by atoms with Crippen molar-refractivity contribution in [3.05, 3.63) is 97.0 Å². The fourth-order valence-corrected chi connectivity index (χ4v) is 4.04. The van der Waals surface area contributed by atoms with Crippen molar-refractivity contribution < 1.29 is 28.8 Å². The van der Waals surface area contributed by atoms with Gasteiger partial charge < -0.3 is 9.47 Å². The minimum absolute atomic E-state index is 0.0672. The summed E-state index contributed by atoms with van der Waals surface area (Å²) in [4.78, 5) is 49.2. The average Bonchev–Trinajstić information content (AvgIpc) is 2.86. The fourth-order valence-electron chi connectivity index (χ4n) is 3.50. The quantitative estimate of drug-likeness (QED) is 0.173. The zero-order valence-corrected chi connectivity index (χ0v) is 21.4. The lowest BCUT2D eigenvalue weighted by Crippen LogP contribution is -2.54. The molecule has 3 aromatic carbocycles. The summed E-state index contributed by atoms with van der Waals surface area (Å²) in [5.41, 5.74) is 0.443. The van der Waals surface area contributed by atoms with E-state index in [9.17, 15) is 24.5 Å². The third-order valence-corrected chi connectivity index (χ3v) is 6.07. The third-order valence-electron chi connectivity index (χ3n) is 5.26. The molecule has 4 rings (SSSR count). The Morgan fingerprint density at radius 1 is 1.11 bits per heavy atom. The van der Waals surface area contributed by atoms with Gasteiger partial charge in [-0.3, -0.25) is 25.0 Å². The zero-order valence-electron chi connectivity index (χ0n) is 19.1. The molecule has 1 saturated heterocycles. The lowest BCUT2D eigenvalue weighted by Gasteiger charge is -2.26. The van der Waals surface area contributed by atoms with Gasteiger partial charge in [-0.2, -0.15) is 0 Å². The molecule has 12 heteroatoms. The first-order valence-electron chi connectivity index (χ1n) is 10.6. The molecular weight excluding hydrogens is 570 g/mol. The number of anilines is 1. The van der Waals surface area contributed by atoms with Crippen molar-refractivity contribution >= 4 is 62.8 Å². The Labute approximate surface area is 223 Å². The second-order valence-corrected chi connectivity index (χ2v) is 9.01. The number of imide groups is 2. The Morgan fingerprint density at radius 2 is 1.84 bits per heavy atom. The Bertz CT molecular complexity index is 1460.